The van der Waals surface area contributed by atoms with Crippen LogP contribution in [0.4, 0.5) is 0 Å². The van der Waals surface area contributed by atoms with Crippen LogP contribution in [0.1, 0.15) is 18.4 Å². The second-order valence-electron chi connectivity index (χ2n) is 6.02. The van der Waals surface area contributed by atoms with Crippen LogP contribution in [0, 0.1) is 0 Å². The molecule has 2 N–H and O–H groups in total. The van der Waals surface area contributed by atoms with Crippen molar-refractivity contribution in [2.45, 2.75) is 19.3 Å². The molecule has 1 aromatic carbocycles. The molecule has 0 radical (unpaired) electrons. The van der Waals surface area contributed by atoms with E-state index < -0.39 is 0 Å². The van der Waals surface area contributed by atoms with Crippen LogP contribution < -0.4 is 20.1 Å². The number of aryl methyl sites for hydroxylation is 1. The molecule has 0 unspecified atom stereocenters. The fourth-order valence-corrected chi connectivity index (χ4v) is 2.82. The van der Waals surface area contributed by atoms with Crippen molar-refractivity contribution in [2.75, 3.05) is 53.5 Å². The predicted octanol–water partition coefficient (Wildman–Crippen LogP) is 1.47. The molecule has 1 amide bonds. The molecule has 1 aromatic rings. The fourth-order valence-electron chi connectivity index (χ4n) is 2.82. The molecule has 1 fully saturated rings. The topological polar surface area (TPSA) is 62.8 Å². The first-order valence-electron chi connectivity index (χ1n) is 8.63. The molecule has 1 heterocycles. The maximum Gasteiger partial charge on any atom is 0.220 e. The third kappa shape index (κ3) is 7.94. The number of methoxy groups -OCH3 is 2. The SMILES string of the molecule is COc1cc(CCC(=O)NCCCN2CCNCC2)cc(OC)c1.Cl. The molecular weight excluding hydrogens is 342 g/mol. The van der Waals surface area contributed by atoms with Crippen LogP contribution in [-0.4, -0.2) is 64.3 Å². The van der Waals surface area contributed by atoms with Gasteiger partial charge in [0.2, 0.25) is 5.91 Å². The lowest BCUT2D eigenvalue weighted by molar-refractivity contribution is -0.121. The van der Waals surface area contributed by atoms with Crippen molar-refractivity contribution in [2.24, 2.45) is 0 Å². The van der Waals surface area contributed by atoms with E-state index in [0.717, 1.165) is 62.8 Å². The number of ether oxygens (including phenoxy) is 2. The highest BCUT2D eigenvalue weighted by Crippen LogP contribution is 2.23. The molecule has 2 rings (SSSR count). The fraction of sp³-hybridized carbons (Fsp3) is 0.611. The van der Waals surface area contributed by atoms with E-state index in [9.17, 15) is 4.79 Å². The number of nitrogens with zero attached hydrogens (tertiary/aromatic N) is 1. The molecule has 1 saturated heterocycles. The van der Waals surface area contributed by atoms with Crippen molar-refractivity contribution in [1.29, 1.82) is 0 Å². The number of amides is 1. The highest BCUT2D eigenvalue weighted by molar-refractivity contribution is 5.85. The van der Waals surface area contributed by atoms with E-state index in [-0.39, 0.29) is 18.3 Å². The number of carbonyl (C=O) groups excluding carboxylic acids is 1. The average Bonchev–Trinajstić information content (AvgIpc) is 2.64. The Morgan fingerprint density at radius 3 is 2.40 bits per heavy atom. The molecule has 142 valence electrons. The van der Waals surface area contributed by atoms with Gasteiger partial charge in [0, 0.05) is 45.2 Å². The van der Waals surface area contributed by atoms with Gasteiger partial charge in [-0.3, -0.25) is 4.79 Å². The number of halogens is 1. The first-order valence-corrected chi connectivity index (χ1v) is 8.63. The van der Waals surface area contributed by atoms with Crippen LogP contribution in [-0.2, 0) is 11.2 Å². The van der Waals surface area contributed by atoms with Gasteiger partial charge in [0.05, 0.1) is 14.2 Å². The van der Waals surface area contributed by atoms with E-state index in [2.05, 4.69) is 15.5 Å². The third-order valence-corrected chi connectivity index (χ3v) is 4.23. The molecule has 0 spiro atoms. The zero-order valence-electron chi connectivity index (χ0n) is 15.2. The summed E-state index contributed by atoms with van der Waals surface area (Å²) in [6, 6.07) is 5.72. The third-order valence-electron chi connectivity index (χ3n) is 4.23. The van der Waals surface area contributed by atoms with Gasteiger partial charge >= 0.3 is 0 Å². The Kier molecular flexibility index (Phi) is 10.3. The van der Waals surface area contributed by atoms with Crippen molar-refractivity contribution in [3.63, 3.8) is 0 Å². The smallest absolute Gasteiger partial charge is 0.220 e. The molecule has 0 aromatic heterocycles. The van der Waals surface area contributed by atoms with Gasteiger partial charge in [-0.2, -0.15) is 0 Å². The molecule has 6 nitrogen and oxygen atoms in total. The summed E-state index contributed by atoms with van der Waals surface area (Å²) in [7, 11) is 3.26. The van der Waals surface area contributed by atoms with E-state index in [1.165, 1.54) is 0 Å². The first-order chi connectivity index (χ1) is 11.7. The van der Waals surface area contributed by atoms with Crippen molar-refractivity contribution >= 4 is 18.3 Å². The predicted molar refractivity (Wildman–Crippen MR) is 102 cm³/mol. The number of hydrogen-bond donors (Lipinski definition) is 2. The quantitative estimate of drug-likeness (QED) is 0.644. The van der Waals surface area contributed by atoms with Crippen molar-refractivity contribution in [3.05, 3.63) is 23.8 Å². The van der Waals surface area contributed by atoms with Gasteiger partial charge in [-0.25, -0.2) is 0 Å². The van der Waals surface area contributed by atoms with E-state index in [1.807, 2.05) is 18.2 Å². The molecule has 25 heavy (non-hydrogen) atoms. The molecule has 1 aliphatic heterocycles. The number of hydrogen-bond acceptors (Lipinski definition) is 5. The second-order valence-corrected chi connectivity index (χ2v) is 6.02. The van der Waals surface area contributed by atoms with Crippen LogP contribution in [0.5, 0.6) is 11.5 Å². The van der Waals surface area contributed by atoms with E-state index >= 15 is 0 Å². The highest BCUT2D eigenvalue weighted by Gasteiger charge is 2.09. The standard InChI is InChI=1S/C18H29N3O3.ClH/c1-23-16-12-15(13-17(14-16)24-2)4-5-18(22)20-6-3-9-21-10-7-19-8-11-21;/h12-14,19H,3-11H2,1-2H3,(H,20,22);1H. The number of nitrogens with one attached hydrogen (secondary N) is 2. The largest absolute Gasteiger partial charge is 0.497 e. The van der Waals surface area contributed by atoms with Gasteiger partial charge in [0.25, 0.3) is 0 Å². The monoisotopic (exact) mass is 371 g/mol. The van der Waals surface area contributed by atoms with Crippen molar-refractivity contribution < 1.29 is 14.3 Å². The van der Waals surface area contributed by atoms with Crippen molar-refractivity contribution in [3.8, 4) is 11.5 Å². The van der Waals surface area contributed by atoms with Crippen LogP contribution in [0.2, 0.25) is 0 Å². The lowest BCUT2D eigenvalue weighted by Crippen LogP contribution is -2.44. The Morgan fingerprint density at radius 1 is 1.16 bits per heavy atom. The molecule has 1 aliphatic rings. The Hall–Kier alpha value is -1.50. The number of rotatable bonds is 9. The number of carbonyl (C=O) groups is 1. The first kappa shape index (κ1) is 21.5. The van der Waals surface area contributed by atoms with E-state index in [1.54, 1.807) is 14.2 Å². The normalized spacial score (nSPS) is 14.5. The molecule has 0 saturated carbocycles. The van der Waals surface area contributed by atoms with Crippen LogP contribution in [0.25, 0.3) is 0 Å². The van der Waals surface area contributed by atoms with Gasteiger partial charge < -0.3 is 25.0 Å². The summed E-state index contributed by atoms with van der Waals surface area (Å²) >= 11 is 0. The van der Waals surface area contributed by atoms with E-state index in [4.69, 9.17) is 9.47 Å². The van der Waals surface area contributed by atoms with Crippen LogP contribution in [0.3, 0.4) is 0 Å². The van der Waals surface area contributed by atoms with Crippen LogP contribution in [0.15, 0.2) is 18.2 Å². The molecule has 0 aliphatic carbocycles. The second kappa shape index (κ2) is 12.0. The minimum atomic E-state index is 0. The summed E-state index contributed by atoms with van der Waals surface area (Å²) in [6.45, 7) is 6.13. The zero-order chi connectivity index (χ0) is 17.2. The van der Waals surface area contributed by atoms with Gasteiger partial charge in [0.15, 0.2) is 0 Å². The number of piperazine rings is 1. The lowest BCUT2D eigenvalue weighted by atomic mass is 10.1. The Labute approximate surface area is 156 Å². The maximum absolute atomic E-state index is 12.0. The summed E-state index contributed by atoms with van der Waals surface area (Å²) in [6.07, 6.45) is 2.15. The molecule has 0 atom stereocenters. The molecular formula is C18H30ClN3O3. The van der Waals surface area contributed by atoms with E-state index in [0.29, 0.717) is 12.8 Å². The maximum atomic E-state index is 12.0. The Balaban J connectivity index is 0.00000312. The van der Waals surface area contributed by atoms with Gasteiger partial charge in [0.1, 0.15) is 11.5 Å². The summed E-state index contributed by atoms with van der Waals surface area (Å²) < 4.78 is 10.5. The van der Waals surface area contributed by atoms with Gasteiger partial charge in [-0.05, 0) is 37.1 Å². The Morgan fingerprint density at radius 2 is 1.80 bits per heavy atom. The minimum absolute atomic E-state index is 0. The van der Waals surface area contributed by atoms with Crippen LogP contribution >= 0.6 is 12.4 Å². The molecule has 7 heteroatoms. The summed E-state index contributed by atoms with van der Waals surface area (Å²) in [5, 5.41) is 6.35. The zero-order valence-corrected chi connectivity index (χ0v) is 16.0. The van der Waals surface area contributed by atoms with Crippen molar-refractivity contribution in [1.82, 2.24) is 15.5 Å². The number of benzene rings is 1. The average molecular weight is 372 g/mol. The Bertz CT molecular complexity index is 500. The summed E-state index contributed by atoms with van der Waals surface area (Å²) in [5.41, 5.74) is 1.04. The molecule has 0 bridgehead atoms. The lowest BCUT2D eigenvalue weighted by Gasteiger charge is -2.27. The van der Waals surface area contributed by atoms with Gasteiger partial charge in [-0.15, -0.1) is 12.4 Å². The summed E-state index contributed by atoms with van der Waals surface area (Å²) in [5.74, 6) is 1.60. The minimum Gasteiger partial charge on any atom is -0.497 e. The summed E-state index contributed by atoms with van der Waals surface area (Å²) in [4.78, 5) is 14.4. The highest BCUT2D eigenvalue weighted by atomic mass is 35.5. The van der Waals surface area contributed by atoms with Gasteiger partial charge in [-0.1, -0.05) is 0 Å².